The molecule has 0 saturated heterocycles. The number of hydrogen-bond donors (Lipinski definition) is 2. The average Bonchev–Trinajstić information content (AvgIpc) is 2.72. The third kappa shape index (κ3) is 2.12. The highest BCUT2D eigenvalue weighted by Gasteiger charge is 2.45. The first-order chi connectivity index (χ1) is 7.84. The lowest BCUT2D eigenvalue weighted by Gasteiger charge is -2.35. The van der Waals surface area contributed by atoms with Crippen LogP contribution >= 0.6 is 0 Å². The minimum absolute atomic E-state index is 0.0143. The molecule has 0 aromatic carbocycles. The van der Waals surface area contributed by atoms with Gasteiger partial charge in [-0.2, -0.15) is 0 Å². The summed E-state index contributed by atoms with van der Waals surface area (Å²) in [5, 5.41) is 16.5. The molecule has 2 rings (SSSR count). The zero-order valence-electron chi connectivity index (χ0n) is 8.95. The predicted octanol–water partition coefficient (Wildman–Crippen LogP) is 1.68. The number of nitrogens with one attached hydrogen (secondary N) is 1. The van der Waals surface area contributed by atoms with Gasteiger partial charge in [0, 0.05) is 12.8 Å². The first-order valence-corrected chi connectivity index (χ1v) is 5.19. The highest BCUT2D eigenvalue weighted by Crippen LogP contribution is 2.43. The Morgan fingerprint density at radius 1 is 1.41 bits per heavy atom. The van der Waals surface area contributed by atoms with Crippen LogP contribution in [-0.4, -0.2) is 21.0 Å². The Morgan fingerprint density at radius 3 is 2.53 bits per heavy atom. The molecule has 1 saturated carbocycles. The van der Waals surface area contributed by atoms with Crippen LogP contribution < -0.4 is 5.73 Å². The van der Waals surface area contributed by atoms with Gasteiger partial charge < -0.3 is 15.8 Å². The van der Waals surface area contributed by atoms with Crippen molar-refractivity contribution in [1.82, 2.24) is 10.2 Å². The van der Waals surface area contributed by atoms with Gasteiger partial charge in [-0.05, 0) is 17.8 Å². The summed E-state index contributed by atoms with van der Waals surface area (Å²) in [4.78, 5) is 10.1. The molecule has 0 aliphatic heterocycles. The summed E-state index contributed by atoms with van der Waals surface area (Å²) in [6, 6.07) is 0. The van der Waals surface area contributed by atoms with Gasteiger partial charge in [-0.15, -0.1) is 5.10 Å². The van der Waals surface area contributed by atoms with Crippen molar-refractivity contribution in [3.05, 3.63) is 21.9 Å². The van der Waals surface area contributed by atoms with Crippen LogP contribution in [0.1, 0.15) is 31.2 Å². The molecule has 0 spiro atoms. The number of nitrogens with zero attached hydrogens (tertiary/aromatic N) is 2. The normalized spacial score (nSPS) is 22.3. The third-order valence-corrected chi connectivity index (χ3v) is 3.21. The monoisotopic (exact) mass is 246 g/mol. The molecule has 1 fully saturated rings. The Labute approximate surface area is 95.3 Å². The van der Waals surface area contributed by atoms with Crippen molar-refractivity contribution in [2.24, 2.45) is 5.73 Å². The van der Waals surface area contributed by atoms with Crippen molar-refractivity contribution in [3.63, 3.8) is 0 Å². The number of halogens is 2. The van der Waals surface area contributed by atoms with Crippen molar-refractivity contribution in [2.45, 2.75) is 37.1 Å². The Balaban J connectivity index is 2.28. The van der Waals surface area contributed by atoms with Crippen molar-refractivity contribution < 1.29 is 13.7 Å². The van der Waals surface area contributed by atoms with Gasteiger partial charge in [-0.1, -0.05) is 5.10 Å². The number of nitro groups is 1. The Kier molecular flexibility index (Phi) is 2.61. The Bertz CT molecular complexity index is 436. The van der Waals surface area contributed by atoms with E-state index in [0.717, 1.165) is 0 Å². The Hall–Kier alpha value is -1.57. The molecule has 0 bridgehead atoms. The Morgan fingerprint density at radius 2 is 2.00 bits per heavy atom. The molecule has 1 aliphatic rings. The van der Waals surface area contributed by atoms with Crippen LogP contribution in [0.3, 0.4) is 0 Å². The number of aromatic nitrogens is 2. The lowest BCUT2D eigenvalue weighted by molar-refractivity contribution is -0.390. The van der Waals surface area contributed by atoms with Crippen molar-refractivity contribution in [1.29, 1.82) is 0 Å². The smallest absolute Gasteiger partial charge is 0.347 e. The molecule has 0 unspecified atom stereocenters. The average molecular weight is 246 g/mol. The summed E-state index contributed by atoms with van der Waals surface area (Å²) in [5.74, 6) is -3.03. The second kappa shape index (κ2) is 3.73. The van der Waals surface area contributed by atoms with Gasteiger partial charge >= 0.3 is 5.82 Å². The van der Waals surface area contributed by atoms with E-state index < -0.39 is 16.4 Å². The topological polar surface area (TPSA) is 97.8 Å². The van der Waals surface area contributed by atoms with Gasteiger partial charge in [-0.3, -0.25) is 0 Å². The number of rotatable bonds is 2. The number of alkyl halides is 2. The van der Waals surface area contributed by atoms with Gasteiger partial charge in [0.2, 0.25) is 5.92 Å². The molecule has 1 aromatic rings. The molecule has 1 aromatic heterocycles. The van der Waals surface area contributed by atoms with E-state index in [0.29, 0.717) is 0 Å². The zero-order valence-corrected chi connectivity index (χ0v) is 8.95. The maximum Gasteiger partial charge on any atom is 0.347 e. The van der Waals surface area contributed by atoms with Crippen LogP contribution in [0.25, 0.3) is 0 Å². The fourth-order valence-electron chi connectivity index (χ4n) is 2.11. The van der Waals surface area contributed by atoms with Crippen LogP contribution in [0.5, 0.6) is 0 Å². The predicted molar refractivity (Wildman–Crippen MR) is 54.5 cm³/mol. The van der Waals surface area contributed by atoms with Gasteiger partial charge in [-0.25, -0.2) is 8.78 Å². The molecular formula is C9H12F2N4O2. The van der Waals surface area contributed by atoms with Gasteiger partial charge in [0.25, 0.3) is 0 Å². The molecule has 8 heteroatoms. The van der Waals surface area contributed by atoms with Crippen LogP contribution in [0.2, 0.25) is 0 Å². The number of H-pyrrole nitrogens is 1. The van der Waals surface area contributed by atoms with Crippen molar-refractivity contribution in [3.8, 4) is 0 Å². The van der Waals surface area contributed by atoms with E-state index in [1.54, 1.807) is 0 Å². The summed E-state index contributed by atoms with van der Waals surface area (Å²) in [6.07, 6.45) is 0.569. The van der Waals surface area contributed by atoms with Gasteiger partial charge in [0.1, 0.15) is 0 Å². The van der Waals surface area contributed by atoms with E-state index in [1.807, 2.05) is 0 Å². The minimum Gasteiger partial charge on any atom is -0.358 e. The quantitative estimate of drug-likeness (QED) is 0.612. The first-order valence-electron chi connectivity index (χ1n) is 5.19. The lowest BCUT2D eigenvalue weighted by atomic mass is 9.77. The van der Waals surface area contributed by atoms with E-state index in [2.05, 4.69) is 10.2 Å². The van der Waals surface area contributed by atoms with E-state index in [9.17, 15) is 18.9 Å². The molecule has 6 nitrogen and oxygen atoms in total. The largest absolute Gasteiger partial charge is 0.358 e. The highest BCUT2D eigenvalue weighted by atomic mass is 19.3. The molecule has 0 atom stereocenters. The highest BCUT2D eigenvalue weighted by molar-refractivity contribution is 5.36. The molecule has 1 heterocycles. The summed E-state index contributed by atoms with van der Waals surface area (Å²) >= 11 is 0. The van der Waals surface area contributed by atoms with Crippen molar-refractivity contribution in [2.75, 3.05) is 0 Å². The number of hydrogen-bond acceptors (Lipinski definition) is 4. The van der Waals surface area contributed by atoms with E-state index >= 15 is 0 Å². The molecule has 94 valence electrons. The maximum atomic E-state index is 13.0. The maximum absolute atomic E-state index is 13.0. The van der Waals surface area contributed by atoms with Crippen LogP contribution in [0.4, 0.5) is 14.6 Å². The van der Waals surface area contributed by atoms with Crippen molar-refractivity contribution >= 4 is 5.82 Å². The molecule has 3 N–H and O–H groups in total. The van der Waals surface area contributed by atoms with Crippen LogP contribution in [0.15, 0.2) is 6.20 Å². The SMILES string of the molecule is NC1(c2cn[nH]c2[N+](=O)[O-])CCC(F)(F)CC1. The lowest BCUT2D eigenvalue weighted by Crippen LogP contribution is -2.43. The van der Waals surface area contributed by atoms with E-state index in [4.69, 9.17) is 5.73 Å². The molecular weight excluding hydrogens is 234 g/mol. The second-order valence-electron chi connectivity index (χ2n) is 4.40. The number of nitrogens with two attached hydrogens (primary N) is 1. The zero-order chi connectivity index (χ0) is 12.7. The third-order valence-electron chi connectivity index (χ3n) is 3.21. The van der Waals surface area contributed by atoms with Gasteiger partial charge in [0.15, 0.2) is 0 Å². The second-order valence-corrected chi connectivity index (χ2v) is 4.40. The van der Waals surface area contributed by atoms with Crippen LogP contribution in [-0.2, 0) is 5.54 Å². The summed E-state index contributed by atoms with van der Waals surface area (Å²) < 4.78 is 26.1. The number of aromatic amines is 1. The van der Waals surface area contributed by atoms with E-state index in [-0.39, 0.29) is 37.1 Å². The van der Waals surface area contributed by atoms with Crippen LogP contribution in [0, 0.1) is 10.1 Å². The minimum atomic E-state index is -2.72. The summed E-state index contributed by atoms with van der Waals surface area (Å²) in [6.45, 7) is 0. The summed E-state index contributed by atoms with van der Waals surface area (Å²) in [5.41, 5.74) is 5.11. The summed E-state index contributed by atoms with van der Waals surface area (Å²) in [7, 11) is 0. The standard InChI is InChI=1S/C9H12F2N4O2/c10-9(11)3-1-8(12,2-4-9)6-5-13-14-7(6)15(16)17/h5H,1-4,12H2,(H,13,14). The molecule has 0 radical (unpaired) electrons. The first kappa shape index (κ1) is 11.9. The fourth-order valence-corrected chi connectivity index (χ4v) is 2.11. The molecule has 17 heavy (non-hydrogen) atoms. The van der Waals surface area contributed by atoms with Gasteiger partial charge in [0.05, 0.1) is 17.3 Å². The van der Waals surface area contributed by atoms with E-state index in [1.165, 1.54) is 6.20 Å². The fraction of sp³-hybridized carbons (Fsp3) is 0.667. The molecule has 1 aliphatic carbocycles. The molecule has 0 amide bonds.